The number of carbonyl (C=O) groups is 1. The zero-order chi connectivity index (χ0) is 16.2. The van der Waals surface area contributed by atoms with Crippen LogP contribution >= 0.6 is 33.9 Å². The van der Waals surface area contributed by atoms with Crippen LogP contribution in [0.3, 0.4) is 0 Å². The molecular formula is C16H11FIN3OS. The van der Waals surface area contributed by atoms with Gasteiger partial charge in [0.15, 0.2) is 0 Å². The normalized spacial score (nSPS) is 10.5. The van der Waals surface area contributed by atoms with Gasteiger partial charge in [-0.25, -0.2) is 9.37 Å². The van der Waals surface area contributed by atoms with Gasteiger partial charge in [0, 0.05) is 26.9 Å². The molecule has 0 saturated carbocycles. The number of thiazole rings is 1. The van der Waals surface area contributed by atoms with Gasteiger partial charge in [-0.05, 0) is 52.9 Å². The molecular weight excluding hydrogens is 428 g/mol. The monoisotopic (exact) mass is 439 g/mol. The fourth-order valence-corrected chi connectivity index (χ4v) is 3.44. The van der Waals surface area contributed by atoms with Gasteiger partial charge in [0.05, 0.1) is 17.8 Å². The van der Waals surface area contributed by atoms with Gasteiger partial charge in [0.1, 0.15) is 10.8 Å². The standard InChI is InChI=1S/C16H11FIN3OS/c17-11-1-2-12(13(18)7-11)16(22)20-8-15-21-14(9-23-15)10-3-5-19-6-4-10/h1-7,9H,8H2,(H,20,22). The van der Waals surface area contributed by atoms with Gasteiger partial charge < -0.3 is 5.32 Å². The zero-order valence-corrected chi connectivity index (χ0v) is 14.8. The van der Waals surface area contributed by atoms with Crippen molar-refractivity contribution >= 4 is 39.8 Å². The summed E-state index contributed by atoms with van der Waals surface area (Å²) in [6.45, 7) is 0.335. The Hall–Kier alpha value is -1.87. The van der Waals surface area contributed by atoms with Crippen molar-refractivity contribution in [2.24, 2.45) is 0 Å². The van der Waals surface area contributed by atoms with Gasteiger partial charge in [0.25, 0.3) is 5.91 Å². The van der Waals surface area contributed by atoms with E-state index in [2.05, 4.69) is 15.3 Å². The summed E-state index contributed by atoms with van der Waals surface area (Å²) in [5.74, 6) is -0.595. The van der Waals surface area contributed by atoms with Gasteiger partial charge in [0.2, 0.25) is 0 Å². The Labute approximate surface area is 149 Å². The molecule has 0 aliphatic carbocycles. The molecule has 3 rings (SSSR count). The van der Waals surface area contributed by atoms with Crippen molar-refractivity contribution in [3.63, 3.8) is 0 Å². The van der Waals surface area contributed by atoms with E-state index in [0.29, 0.717) is 15.7 Å². The van der Waals surface area contributed by atoms with E-state index >= 15 is 0 Å². The van der Waals surface area contributed by atoms with E-state index in [4.69, 9.17) is 0 Å². The van der Waals surface area contributed by atoms with Gasteiger partial charge in [-0.1, -0.05) is 0 Å². The molecule has 7 heteroatoms. The fraction of sp³-hybridized carbons (Fsp3) is 0.0625. The Morgan fingerprint density at radius 1 is 1.26 bits per heavy atom. The predicted molar refractivity (Wildman–Crippen MR) is 95.6 cm³/mol. The molecule has 1 aromatic carbocycles. The third-order valence-electron chi connectivity index (χ3n) is 3.10. The number of nitrogens with one attached hydrogen (secondary N) is 1. The average Bonchev–Trinajstić information content (AvgIpc) is 3.02. The molecule has 1 N–H and O–H groups in total. The van der Waals surface area contributed by atoms with Crippen LogP contribution in [-0.4, -0.2) is 15.9 Å². The highest BCUT2D eigenvalue weighted by Gasteiger charge is 2.11. The lowest BCUT2D eigenvalue weighted by molar-refractivity contribution is 0.0950. The van der Waals surface area contributed by atoms with Gasteiger partial charge >= 0.3 is 0 Å². The second kappa shape index (κ2) is 7.14. The van der Waals surface area contributed by atoms with Crippen molar-refractivity contribution in [2.75, 3.05) is 0 Å². The minimum atomic E-state index is -0.354. The molecule has 0 aliphatic rings. The maximum atomic E-state index is 13.1. The van der Waals surface area contributed by atoms with Gasteiger partial charge in [-0.2, -0.15) is 0 Å². The number of halogens is 2. The van der Waals surface area contributed by atoms with E-state index in [-0.39, 0.29) is 11.7 Å². The number of pyridine rings is 1. The molecule has 1 amide bonds. The third-order valence-corrected chi connectivity index (χ3v) is 4.85. The lowest BCUT2D eigenvalue weighted by atomic mass is 10.2. The average molecular weight is 439 g/mol. The highest BCUT2D eigenvalue weighted by Crippen LogP contribution is 2.21. The van der Waals surface area contributed by atoms with Crippen molar-refractivity contribution in [3.8, 4) is 11.3 Å². The third kappa shape index (κ3) is 3.91. The first kappa shape index (κ1) is 16.0. The van der Waals surface area contributed by atoms with Crippen molar-refractivity contribution in [2.45, 2.75) is 6.54 Å². The molecule has 0 aliphatic heterocycles. The zero-order valence-electron chi connectivity index (χ0n) is 11.8. The largest absolute Gasteiger partial charge is 0.345 e. The first-order valence-corrected chi connectivity index (χ1v) is 8.67. The Kier molecular flexibility index (Phi) is 4.97. The van der Waals surface area contributed by atoms with E-state index in [1.54, 1.807) is 12.4 Å². The van der Waals surface area contributed by atoms with Crippen LogP contribution in [0.2, 0.25) is 0 Å². The molecule has 0 atom stereocenters. The van der Waals surface area contributed by atoms with Crippen LogP contribution in [0.15, 0.2) is 48.1 Å². The first-order valence-electron chi connectivity index (χ1n) is 6.71. The lowest BCUT2D eigenvalue weighted by Crippen LogP contribution is -2.23. The molecule has 3 aromatic rings. The SMILES string of the molecule is O=C(NCc1nc(-c2ccncc2)cs1)c1ccc(F)cc1I. The Balaban J connectivity index is 1.67. The fourth-order valence-electron chi connectivity index (χ4n) is 1.97. The Morgan fingerprint density at radius 3 is 2.78 bits per heavy atom. The minimum Gasteiger partial charge on any atom is -0.345 e. The van der Waals surface area contributed by atoms with E-state index in [9.17, 15) is 9.18 Å². The molecule has 0 fully saturated rings. The quantitative estimate of drug-likeness (QED) is 0.628. The predicted octanol–water partition coefficient (Wildman–Crippen LogP) is 3.88. The summed E-state index contributed by atoms with van der Waals surface area (Å²) in [6.07, 6.45) is 3.43. The van der Waals surface area contributed by atoms with Crippen LogP contribution in [0.25, 0.3) is 11.3 Å². The van der Waals surface area contributed by atoms with Crippen molar-refractivity contribution in [1.82, 2.24) is 15.3 Å². The Morgan fingerprint density at radius 2 is 2.04 bits per heavy atom. The first-order chi connectivity index (χ1) is 11.1. The summed E-state index contributed by atoms with van der Waals surface area (Å²) in [4.78, 5) is 20.6. The van der Waals surface area contributed by atoms with Crippen LogP contribution in [0.5, 0.6) is 0 Å². The second-order valence-corrected chi connectivity index (χ2v) is 6.77. The van der Waals surface area contributed by atoms with Gasteiger partial charge in [-0.3, -0.25) is 9.78 Å². The van der Waals surface area contributed by atoms with Crippen molar-refractivity contribution in [3.05, 3.63) is 68.1 Å². The molecule has 0 bridgehead atoms. The Bertz CT molecular complexity index is 838. The molecule has 116 valence electrons. The number of hydrogen-bond donors (Lipinski definition) is 1. The molecule has 0 radical (unpaired) electrons. The molecule has 4 nitrogen and oxygen atoms in total. The van der Waals surface area contributed by atoms with E-state index in [1.807, 2.05) is 40.1 Å². The number of carbonyl (C=O) groups excluding carboxylic acids is 1. The molecule has 23 heavy (non-hydrogen) atoms. The summed E-state index contributed by atoms with van der Waals surface area (Å²) >= 11 is 3.43. The highest BCUT2D eigenvalue weighted by atomic mass is 127. The number of rotatable bonds is 4. The summed E-state index contributed by atoms with van der Waals surface area (Å²) in [5, 5.41) is 5.56. The maximum absolute atomic E-state index is 13.1. The molecule has 0 unspecified atom stereocenters. The van der Waals surface area contributed by atoms with Crippen molar-refractivity contribution in [1.29, 1.82) is 0 Å². The lowest BCUT2D eigenvalue weighted by Gasteiger charge is -2.05. The van der Waals surface area contributed by atoms with Crippen LogP contribution < -0.4 is 5.32 Å². The summed E-state index contributed by atoms with van der Waals surface area (Å²) in [6, 6.07) is 7.87. The summed E-state index contributed by atoms with van der Waals surface area (Å²) in [5.41, 5.74) is 2.30. The number of hydrogen-bond acceptors (Lipinski definition) is 4. The highest BCUT2D eigenvalue weighted by molar-refractivity contribution is 14.1. The van der Waals surface area contributed by atoms with Crippen LogP contribution in [-0.2, 0) is 6.54 Å². The summed E-state index contributed by atoms with van der Waals surface area (Å²) < 4.78 is 13.7. The smallest absolute Gasteiger partial charge is 0.252 e. The van der Waals surface area contributed by atoms with E-state index in [0.717, 1.165) is 16.3 Å². The van der Waals surface area contributed by atoms with Crippen LogP contribution in [0.1, 0.15) is 15.4 Å². The minimum absolute atomic E-state index is 0.241. The number of nitrogens with zero attached hydrogens (tertiary/aromatic N) is 2. The second-order valence-electron chi connectivity index (χ2n) is 4.67. The van der Waals surface area contributed by atoms with Crippen LogP contribution in [0.4, 0.5) is 4.39 Å². The molecule has 0 spiro atoms. The van der Waals surface area contributed by atoms with Gasteiger partial charge in [-0.15, -0.1) is 11.3 Å². The topological polar surface area (TPSA) is 54.9 Å². The number of aromatic nitrogens is 2. The molecule has 0 saturated heterocycles. The maximum Gasteiger partial charge on any atom is 0.252 e. The van der Waals surface area contributed by atoms with E-state index < -0.39 is 0 Å². The number of benzene rings is 1. The van der Waals surface area contributed by atoms with Crippen LogP contribution in [0, 0.1) is 9.39 Å². The molecule has 2 aromatic heterocycles. The molecule has 2 heterocycles. The van der Waals surface area contributed by atoms with E-state index in [1.165, 1.54) is 29.5 Å². The summed E-state index contributed by atoms with van der Waals surface area (Å²) in [7, 11) is 0. The van der Waals surface area contributed by atoms with Crippen molar-refractivity contribution < 1.29 is 9.18 Å². The number of amides is 1.